The lowest BCUT2D eigenvalue weighted by molar-refractivity contribution is -0.120. The molecule has 0 heterocycles. The first-order valence-corrected chi connectivity index (χ1v) is 8.15. The number of rotatable bonds is 8. The van der Waals surface area contributed by atoms with E-state index < -0.39 is 0 Å². The lowest BCUT2D eigenvalue weighted by atomic mass is 10.1. The highest BCUT2D eigenvalue weighted by molar-refractivity contribution is 6.30. The number of hydrogen-bond acceptors (Lipinski definition) is 4. The summed E-state index contributed by atoms with van der Waals surface area (Å²) in [7, 11) is 1.60. The first kappa shape index (κ1) is 17.9. The molecular weight excluding hydrogens is 326 g/mol. The molecule has 0 radical (unpaired) electrons. The number of nitrogens with two attached hydrogens (primary N) is 1. The van der Waals surface area contributed by atoms with E-state index in [2.05, 4.69) is 10.6 Å². The number of methoxy groups -OCH3 is 1. The van der Waals surface area contributed by atoms with Gasteiger partial charge in [0.1, 0.15) is 5.75 Å². The number of nitrogen functional groups attached to an aromatic ring is 1. The summed E-state index contributed by atoms with van der Waals surface area (Å²) in [5, 5.41) is 6.69. The van der Waals surface area contributed by atoms with Crippen LogP contribution in [0.15, 0.2) is 42.5 Å². The van der Waals surface area contributed by atoms with Crippen molar-refractivity contribution < 1.29 is 9.53 Å². The molecule has 0 aromatic heterocycles. The Bertz CT molecular complexity index is 674. The Morgan fingerprint density at radius 2 is 1.92 bits per heavy atom. The van der Waals surface area contributed by atoms with Crippen LogP contribution in [0.3, 0.4) is 0 Å². The SMILES string of the molecule is COc1ccc(Cl)cc1NCCC(=O)NCCc1ccc(N)cc1. The van der Waals surface area contributed by atoms with Gasteiger partial charge in [0.2, 0.25) is 5.91 Å². The van der Waals surface area contributed by atoms with Gasteiger partial charge in [-0.05, 0) is 42.3 Å². The van der Waals surface area contributed by atoms with Crippen LogP contribution >= 0.6 is 11.6 Å². The maximum Gasteiger partial charge on any atom is 0.221 e. The minimum Gasteiger partial charge on any atom is -0.495 e. The third-order valence-corrected chi connectivity index (χ3v) is 3.78. The van der Waals surface area contributed by atoms with E-state index in [9.17, 15) is 4.79 Å². The summed E-state index contributed by atoms with van der Waals surface area (Å²) in [4.78, 5) is 11.9. The van der Waals surface area contributed by atoms with Crippen molar-refractivity contribution in [3.63, 3.8) is 0 Å². The van der Waals surface area contributed by atoms with E-state index in [4.69, 9.17) is 22.1 Å². The highest BCUT2D eigenvalue weighted by Gasteiger charge is 2.05. The molecule has 0 saturated heterocycles. The molecule has 0 aliphatic heterocycles. The number of benzene rings is 2. The lowest BCUT2D eigenvalue weighted by Gasteiger charge is -2.11. The summed E-state index contributed by atoms with van der Waals surface area (Å²) in [6.45, 7) is 1.10. The summed E-state index contributed by atoms with van der Waals surface area (Å²) in [5.74, 6) is 0.696. The molecule has 0 aliphatic rings. The van der Waals surface area contributed by atoms with E-state index in [1.165, 1.54) is 0 Å². The molecule has 0 bridgehead atoms. The second kappa shape index (κ2) is 9.03. The second-order valence-electron chi connectivity index (χ2n) is 5.36. The van der Waals surface area contributed by atoms with Gasteiger partial charge < -0.3 is 21.1 Å². The minimum atomic E-state index is -0.000982. The molecule has 0 spiro atoms. The highest BCUT2D eigenvalue weighted by Crippen LogP contribution is 2.27. The molecule has 0 aliphatic carbocycles. The summed E-state index contributed by atoms with van der Waals surface area (Å²) >= 11 is 5.97. The molecule has 0 saturated carbocycles. The largest absolute Gasteiger partial charge is 0.495 e. The van der Waals surface area contributed by atoms with Crippen molar-refractivity contribution >= 4 is 28.9 Å². The minimum absolute atomic E-state index is 0.000982. The second-order valence-corrected chi connectivity index (χ2v) is 5.80. The molecule has 128 valence electrons. The predicted molar refractivity (Wildman–Crippen MR) is 98.7 cm³/mol. The first-order valence-electron chi connectivity index (χ1n) is 7.77. The van der Waals surface area contributed by atoms with Gasteiger partial charge in [-0.2, -0.15) is 0 Å². The molecule has 0 unspecified atom stereocenters. The van der Waals surface area contributed by atoms with Crippen LogP contribution in [0.25, 0.3) is 0 Å². The Labute approximate surface area is 147 Å². The van der Waals surface area contributed by atoms with Crippen molar-refractivity contribution in [3.8, 4) is 5.75 Å². The van der Waals surface area contributed by atoms with Gasteiger partial charge in [-0.3, -0.25) is 4.79 Å². The molecule has 4 N–H and O–H groups in total. The van der Waals surface area contributed by atoms with Gasteiger partial charge in [-0.1, -0.05) is 23.7 Å². The van der Waals surface area contributed by atoms with Gasteiger partial charge in [-0.25, -0.2) is 0 Å². The Balaban J connectivity index is 1.70. The maximum absolute atomic E-state index is 11.9. The number of halogens is 1. The average Bonchev–Trinajstić information content (AvgIpc) is 2.57. The van der Waals surface area contributed by atoms with Crippen LogP contribution < -0.4 is 21.1 Å². The van der Waals surface area contributed by atoms with Gasteiger partial charge in [0.05, 0.1) is 12.8 Å². The van der Waals surface area contributed by atoms with Gasteiger partial charge in [0.25, 0.3) is 0 Å². The standard InChI is InChI=1S/C18H22ClN3O2/c1-24-17-7-4-14(19)12-16(17)21-11-9-18(23)22-10-8-13-2-5-15(20)6-3-13/h2-7,12,21H,8-11,20H2,1H3,(H,22,23). The maximum atomic E-state index is 11.9. The van der Waals surface area contributed by atoms with Crippen molar-refractivity contribution in [2.75, 3.05) is 31.2 Å². The number of ether oxygens (including phenoxy) is 1. The van der Waals surface area contributed by atoms with Crippen LogP contribution in [0.2, 0.25) is 5.02 Å². The van der Waals surface area contributed by atoms with Crippen molar-refractivity contribution in [1.82, 2.24) is 5.32 Å². The molecule has 0 fully saturated rings. The van der Waals surface area contributed by atoms with Crippen LogP contribution in [-0.2, 0) is 11.2 Å². The molecule has 2 aromatic carbocycles. The molecule has 5 nitrogen and oxygen atoms in total. The van der Waals surface area contributed by atoms with Gasteiger partial charge in [-0.15, -0.1) is 0 Å². The van der Waals surface area contributed by atoms with Crippen LogP contribution in [-0.4, -0.2) is 26.1 Å². The number of anilines is 2. The quantitative estimate of drug-likeness (QED) is 0.641. The molecule has 0 atom stereocenters. The fourth-order valence-corrected chi connectivity index (χ4v) is 2.42. The molecule has 1 amide bonds. The van der Waals surface area contributed by atoms with E-state index in [0.29, 0.717) is 30.3 Å². The summed E-state index contributed by atoms with van der Waals surface area (Å²) in [5.41, 5.74) is 8.31. The van der Waals surface area contributed by atoms with E-state index >= 15 is 0 Å². The molecule has 6 heteroatoms. The Morgan fingerprint density at radius 1 is 1.17 bits per heavy atom. The normalized spacial score (nSPS) is 10.2. The molecule has 24 heavy (non-hydrogen) atoms. The summed E-state index contributed by atoms with van der Waals surface area (Å²) in [6, 6.07) is 13.0. The van der Waals surface area contributed by atoms with Crippen molar-refractivity contribution in [1.29, 1.82) is 0 Å². The van der Waals surface area contributed by atoms with Crippen molar-refractivity contribution in [2.45, 2.75) is 12.8 Å². The molecular formula is C18H22ClN3O2. The first-order chi connectivity index (χ1) is 11.6. The van der Waals surface area contributed by atoms with Crippen molar-refractivity contribution in [2.24, 2.45) is 0 Å². The zero-order valence-electron chi connectivity index (χ0n) is 13.6. The lowest BCUT2D eigenvalue weighted by Crippen LogP contribution is -2.27. The van der Waals surface area contributed by atoms with Crippen LogP contribution in [0.5, 0.6) is 5.75 Å². The van der Waals surface area contributed by atoms with E-state index in [1.54, 1.807) is 25.3 Å². The highest BCUT2D eigenvalue weighted by atomic mass is 35.5. The monoisotopic (exact) mass is 347 g/mol. The Kier molecular flexibility index (Phi) is 6.75. The third kappa shape index (κ3) is 5.66. The zero-order chi connectivity index (χ0) is 17.4. The number of nitrogens with one attached hydrogen (secondary N) is 2. The fraction of sp³-hybridized carbons (Fsp3) is 0.278. The third-order valence-electron chi connectivity index (χ3n) is 3.54. The Morgan fingerprint density at radius 3 is 2.62 bits per heavy atom. The molecule has 2 rings (SSSR count). The summed E-state index contributed by atoms with van der Waals surface area (Å²) in [6.07, 6.45) is 1.15. The molecule has 2 aromatic rings. The smallest absolute Gasteiger partial charge is 0.221 e. The number of hydrogen-bond donors (Lipinski definition) is 3. The Hall–Kier alpha value is -2.40. The van der Waals surface area contributed by atoms with Gasteiger partial charge in [0, 0.05) is 30.2 Å². The summed E-state index contributed by atoms with van der Waals surface area (Å²) < 4.78 is 5.25. The number of carbonyl (C=O) groups is 1. The number of amides is 1. The zero-order valence-corrected chi connectivity index (χ0v) is 14.4. The number of carbonyl (C=O) groups excluding carboxylic acids is 1. The van der Waals surface area contributed by atoms with E-state index in [-0.39, 0.29) is 5.91 Å². The van der Waals surface area contributed by atoms with E-state index in [1.807, 2.05) is 24.3 Å². The van der Waals surface area contributed by atoms with E-state index in [0.717, 1.165) is 23.4 Å². The van der Waals surface area contributed by atoms with Gasteiger partial charge >= 0.3 is 0 Å². The van der Waals surface area contributed by atoms with Crippen LogP contribution in [0.4, 0.5) is 11.4 Å². The van der Waals surface area contributed by atoms with Crippen LogP contribution in [0, 0.1) is 0 Å². The van der Waals surface area contributed by atoms with Crippen LogP contribution in [0.1, 0.15) is 12.0 Å². The average molecular weight is 348 g/mol. The fourth-order valence-electron chi connectivity index (χ4n) is 2.25. The topological polar surface area (TPSA) is 76.4 Å². The predicted octanol–water partition coefficient (Wildman–Crippen LogP) is 3.09. The van der Waals surface area contributed by atoms with Crippen molar-refractivity contribution in [3.05, 3.63) is 53.1 Å². The van der Waals surface area contributed by atoms with Gasteiger partial charge in [0.15, 0.2) is 0 Å².